The standard InChI is InChI=1S/C15H15FN2O3/c16-13-8-11(4-3-10(13)2-1-7-19)15(21)17-9-14(20)18-12-5-6-12/h3-4,8,12,19H,5-7,9H2,(H,17,21)(H,18,20). The molecule has 1 aromatic carbocycles. The second-order valence-electron chi connectivity index (χ2n) is 4.68. The van der Waals surface area contributed by atoms with E-state index in [1.165, 1.54) is 12.1 Å². The molecule has 1 aliphatic rings. The number of carbonyl (C=O) groups excluding carboxylic acids is 2. The van der Waals surface area contributed by atoms with E-state index in [4.69, 9.17) is 5.11 Å². The molecule has 0 saturated heterocycles. The highest BCUT2D eigenvalue weighted by Gasteiger charge is 2.23. The van der Waals surface area contributed by atoms with Crippen molar-refractivity contribution in [3.63, 3.8) is 0 Å². The number of aliphatic hydroxyl groups excluding tert-OH is 1. The summed E-state index contributed by atoms with van der Waals surface area (Å²) in [7, 11) is 0. The van der Waals surface area contributed by atoms with E-state index in [2.05, 4.69) is 22.5 Å². The van der Waals surface area contributed by atoms with E-state index in [-0.39, 0.29) is 36.2 Å². The van der Waals surface area contributed by atoms with Gasteiger partial charge in [0.1, 0.15) is 12.4 Å². The lowest BCUT2D eigenvalue weighted by Crippen LogP contribution is -2.37. The second-order valence-corrected chi connectivity index (χ2v) is 4.68. The van der Waals surface area contributed by atoms with Gasteiger partial charge in [-0.05, 0) is 31.0 Å². The highest BCUT2D eigenvalue weighted by molar-refractivity contribution is 5.96. The van der Waals surface area contributed by atoms with Gasteiger partial charge in [-0.1, -0.05) is 11.8 Å². The van der Waals surface area contributed by atoms with E-state index in [9.17, 15) is 14.0 Å². The molecular formula is C15H15FN2O3. The topological polar surface area (TPSA) is 78.4 Å². The molecule has 5 nitrogen and oxygen atoms in total. The van der Waals surface area contributed by atoms with Gasteiger partial charge < -0.3 is 15.7 Å². The molecule has 3 N–H and O–H groups in total. The minimum atomic E-state index is -0.647. The molecule has 0 atom stereocenters. The summed E-state index contributed by atoms with van der Waals surface area (Å²) in [5.74, 6) is 3.34. The highest BCUT2D eigenvalue weighted by atomic mass is 19.1. The highest BCUT2D eigenvalue weighted by Crippen LogP contribution is 2.18. The monoisotopic (exact) mass is 290 g/mol. The summed E-state index contributed by atoms with van der Waals surface area (Å²) in [6.07, 6.45) is 1.95. The van der Waals surface area contributed by atoms with Crippen LogP contribution in [0.3, 0.4) is 0 Å². The molecular weight excluding hydrogens is 275 g/mol. The summed E-state index contributed by atoms with van der Waals surface area (Å²) in [4.78, 5) is 23.2. The SMILES string of the molecule is O=C(CNC(=O)c1ccc(C#CCO)c(F)c1)NC1CC1. The number of hydrogen-bond donors (Lipinski definition) is 3. The number of rotatable bonds is 4. The first-order valence-electron chi connectivity index (χ1n) is 6.57. The van der Waals surface area contributed by atoms with Crippen LogP contribution >= 0.6 is 0 Å². The van der Waals surface area contributed by atoms with Gasteiger partial charge in [0.25, 0.3) is 5.91 Å². The zero-order valence-electron chi connectivity index (χ0n) is 11.3. The van der Waals surface area contributed by atoms with Crippen LogP contribution in [0.4, 0.5) is 4.39 Å². The van der Waals surface area contributed by atoms with Crippen LogP contribution < -0.4 is 10.6 Å². The van der Waals surface area contributed by atoms with Crippen molar-refractivity contribution < 1.29 is 19.1 Å². The van der Waals surface area contributed by atoms with Crippen LogP contribution in [0.2, 0.25) is 0 Å². The van der Waals surface area contributed by atoms with Crippen molar-refractivity contribution in [1.29, 1.82) is 0 Å². The maximum atomic E-state index is 13.7. The van der Waals surface area contributed by atoms with Gasteiger partial charge in [-0.2, -0.15) is 0 Å². The predicted octanol–water partition coefficient (Wildman–Crippen LogP) is 0.178. The number of carbonyl (C=O) groups is 2. The molecule has 0 bridgehead atoms. The Labute approximate surface area is 121 Å². The predicted molar refractivity (Wildman–Crippen MR) is 73.9 cm³/mol. The maximum Gasteiger partial charge on any atom is 0.251 e. The quantitative estimate of drug-likeness (QED) is 0.692. The minimum absolute atomic E-state index is 0.104. The van der Waals surface area contributed by atoms with Crippen molar-refractivity contribution in [2.45, 2.75) is 18.9 Å². The Morgan fingerprint density at radius 3 is 2.76 bits per heavy atom. The molecule has 1 saturated carbocycles. The van der Waals surface area contributed by atoms with Crippen LogP contribution in [0.1, 0.15) is 28.8 Å². The molecule has 0 unspecified atom stereocenters. The molecule has 0 aliphatic heterocycles. The fourth-order valence-corrected chi connectivity index (χ4v) is 1.66. The van der Waals surface area contributed by atoms with Gasteiger partial charge in [-0.3, -0.25) is 9.59 Å². The molecule has 2 amide bonds. The minimum Gasteiger partial charge on any atom is -0.384 e. The normalized spacial score (nSPS) is 13.0. The third-order valence-corrected chi connectivity index (χ3v) is 2.89. The average Bonchev–Trinajstić information content (AvgIpc) is 3.27. The summed E-state index contributed by atoms with van der Waals surface area (Å²) in [5.41, 5.74) is 0.216. The smallest absolute Gasteiger partial charge is 0.251 e. The van der Waals surface area contributed by atoms with E-state index in [1.54, 1.807) is 0 Å². The lowest BCUT2D eigenvalue weighted by atomic mass is 10.1. The van der Waals surface area contributed by atoms with Crippen LogP contribution in [-0.2, 0) is 4.79 Å². The number of aliphatic hydroxyl groups is 1. The fraction of sp³-hybridized carbons (Fsp3) is 0.333. The van der Waals surface area contributed by atoms with E-state index in [0.29, 0.717) is 0 Å². The summed E-state index contributed by atoms with van der Waals surface area (Å²) in [6, 6.07) is 4.06. The largest absolute Gasteiger partial charge is 0.384 e. The van der Waals surface area contributed by atoms with Gasteiger partial charge in [0.15, 0.2) is 0 Å². The van der Waals surface area contributed by atoms with Crippen molar-refractivity contribution in [3.8, 4) is 11.8 Å². The molecule has 1 fully saturated rings. The number of amides is 2. The molecule has 0 heterocycles. The zero-order valence-corrected chi connectivity index (χ0v) is 11.3. The Morgan fingerprint density at radius 2 is 2.14 bits per heavy atom. The molecule has 21 heavy (non-hydrogen) atoms. The first kappa shape index (κ1) is 15.0. The van der Waals surface area contributed by atoms with Crippen LogP contribution in [0.5, 0.6) is 0 Å². The van der Waals surface area contributed by atoms with Gasteiger partial charge in [0.2, 0.25) is 5.91 Å². The van der Waals surface area contributed by atoms with Crippen LogP contribution in [0, 0.1) is 17.7 Å². The van der Waals surface area contributed by atoms with Crippen molar-refractivity contribution in [2.75, 3.05) is 13.2 Å². The third kappa shape index (κ3) is 4.58. The van der Waals surface area contributed by atoms with E-state index >= 15 is 0 Å². The van der Waals surface area contributed by atoms with Crippen molar-refractivity contribution in [3.05, 3.63) is 35.1 Å². The Morgan fingerprint density at radius 1 is 1.38 bits per heavy atom. The molecule has 2 rings (SSSR count). The molecule has 1 aromatic rings. The van der Waals surface area contributed by atoms with Gasteiger partial charge in [-0.15, -0.1) is 0 Å². The van der Waals surface area contributed by atoms with E-state index < -0.39 is 11.7 Å². The van der Waals surface area contributed by atoms with Crippen LogP contribution in [-0.4, -0.2) is 36.1 Å². The lowest BCUT2D eigenvalue weighted by molar-refractivity contribution is -0.120. The lowest BCUT2D eigenvalue weighted by Gasteiger charge is -2.06. The zero-order chi connectivity index (χ0) is 15.2. The van der Waals surface area contributed by atoms with E-state index in [1.807, 2.05) is 0 Å². The molecule has 0 aromatic heterocycles. The van der Waals surface area contributed by atoms with Gasteiger partial charge >= 0.3 is 0 Å². The first-order valence-corrected chi connectivity index (χ1v) is 6.57. The first-order chi connectivity index (χ1) is 10.1. The summed E-state index contributed by atoms with van der Waals surface area (Å²) in [5, 5.41) is 13.7. The van der Waals surface area contributed by atoms with Crippen molar-refractivity contribution in [1.82, 2.24) is 10.6 Å². The second kappa shape index (κ2) is 6.86. The molecule has 0 spiro atoms. The van der Waals surface area contributed by atoms with Crippen molar-refractivity contribution >= 4 is 11.8 Å². The molecule has 110 valence electrons. The van der Waals surface area contributed by atoms with Gasteiger partial charge in [0.05, 0.1) is 12.1 Å². The Hall–Kier alpha value is -2.39. The van der Waals surface area contributed by atoms with Gasteiger partial charge in [-0.25, -0.2) is 4.39 Å². The Kier molecular flexibility index (Phi) is 4.90. The summed E-state index contributed by atoms with van der Waals surface area (Å²) >= 11 is 0. The molecule has 6 heteroatoms. The van der Waals surface area contributed by atoms with E-state index in [0.717, 1.165) is 18.9 Å². The van der Waals surface area contributed by atoms with Crippen molar-refractivity contribution in [2.24, 2.45) is 0 Å². The third-order valence-electron chi connectivity index (χ3n) is 2.89. The van der Waals surface area contributed by atoms with Crippen LogP contribution in [0.25, 0.3) is 0 Å². The number of halogens is 1. The number of hydrogen-bond acceptors (Lipinski definition) is 3. The molecule has 0 radical (unpaired) electrons. The molecule has 1 aliphatic carbocycles. The Bertz CT molecular complexity index is 615. The number of nitrogens with one attached hydrogen (secondary N) is 2. The average molecular weight is 290 g/mol. The maximum absolute atomic E-state index is 13.7. The summed E-state index contributed by atoms with van der Waals surface area (Å²) < 4.78 is 13.7. The fourth-order valence-electron chi connectivity index (χ4n) is 1.66. The number of benzene rings is 1. The Balaban J connectivity index is 1.92. The summed E-state index contributed by atoms with van der Waals surface area (Å²) in [6.45, 7) is -0.499. The van der Waals surface area contributed by atoms with Crippen LogP contribution in [0.15, 0.2) is 18.2 Å². The van der Waals surface area contributed by atoms with Gasteiger partial charge in [0, 0.05) is 11.6 Å².